The van der Waals surface area contributed by atoms with Crippen molar-refractivity contribution < 1.29 is 19.4 Å². The molecule has 1 amide bonds. The van der Waals surface area contributed by atoms with Gasteiger partial charge in [-0.1, -0.05) is 0 Å². The number of nitrogens with zero attached hydrogens (tertiary/aromatic N) is 1. The number of rotatable bonds is 4. The number of hydrogen-bond acceptors (Lipinski definition) is 6. The van der Waals surface area contributed by atoms with Crippen LogP contribution in [-0.4, -0.2) is 35.1 Å². The SMILES string of the molecule is CCOC(=O)CNC(=O)c1c(O)c2cc(C#N)cc(C)c2[nH]c1=O. The van der Waals surface area contributed by atoms with E-state index in [2.05, 4.69) is 15.0 Å². The van der Waals surface area contributed by atoms with Crippen molar-refractivity contribution in [3.8, 4) is 11.8 Å². The van der Waals surface area contributed by atoms with Crippen molar-refractivity contribution in [2.24, 2.45) is 0 Å². The third kappa shape index (κ3) is 3.20. The molecule has 0 aliphatic heterocycles. The van der Waals surface area contributed by atoms with E-state index in [-0.39, 0.29) is 17.6 Å². The molecule has 0 aliphatic rings. The Kier molecular flexibility index (Phi) is 4.84. The topological polar surface area (TPSA) is 132 Å². The smallest absolute Gasteiger partial charge is 0.325 e. The summed E-state index contributed by atoms with van der Waals surface area (Å²) in [6.07, 6.45) is 0. The number of hydrogen-bond donors (Lipinski definition) is 3. The summed E-state index contributed by atoms with van der Waals surface area (Å²) < 4.78 is 4.67. The van der Waals surface area contributed by atoms with Crippen LogP contribution in [0.4, 0.5) is 0 Å². The molecule has 0 bridgehead atoms. The summed E-state index contributed by atoms with van der Waals surface area (Å²) in [5.74, 6) is -2.12. The second-order valence-corrected chi connectivity index (χ2v) is 4.99. The van der Waals surface area contributed by atoms with Gasteiger partial charge in [0.25, 0.3) is 11.5 Å². The summed E-state index contributed by atoms with van der Waals surface area (Å²) in [4.78, 5) is 38.0. The van der Waals surface area contributed by atoms with E-state index in [0.29, 0.717) is 11.1 Å². The van der Waals surface area contributed by atoms with Gasteiger partial charge in [0.1, 0.15) is 17.9 Å². The maximum Gasteiger partial charge on any atom is 0.325 e. The monoisotopic (exact) mass is 329 g/mol. The number of aromatic hydroxyl groups is 1. The first-order chi connectivity index (χ1) is 11.4. The lowest BCUT2D eigenvalue weighted by Crippen LogP contribution is -2.34. The molecule has 0 saturated carbocycles. The van der Waals surface area contributed by atoms with Crippen LogP contribution in [0, 0.1) is 18.3 Å². The van der Waals surface area contributed by atoms with Gasteiger partial charge >= 0.3 is 5.97 Å². The minimum atomic E-state index is -0.913. The van der Waals surface area contributed by atoms with E-state index in [4.69, 9.17) is 5.26 Å². The molecule has 8 heteroatoms. The number of aromatic amines is 1. The van der Waals surface area contributed by atoms with Crippen molar-refractivity contribution in [3.05, 3.63) is 39.2 Å². The summed E-state index contributed by atoms with van der Waals surface area (Å²) >= 11 is 0. The van der Waals surface area contributed by atoms with E-state index in [1.54, 1.807) is 19.9 Å². The maximum absolute atomic E-state index is 12.1. The highest BCUT2D eigenvalue weighted by Crippen LogP contribution is 2.28. The molecule has 1 aromatic carbocycles. The summed E-state index contributed by atoms with van der Waals surface area (Å²) in [6.45, 7) is 3.02. The highest BCUT2D eigenvalue weighted by molar-refractivity contribution is 6.03. The molecular weight excluding hydrogens is 314 g/mol. The quantitative estimate of drug-likeness (QED) is 0.708. The first-order valence-corrected chi connectivity index (χ1v) is 7.12. The molecule has 3 N–H and O–H groups in total. The number of aromatic nitrogens is 1. The number of carbonyl (C=O) groups excluding carboxylic acids is 2. The van der Waals surface area contributed by atoms with Crippen molar-refractivity contribution >= 4 is 22.8 Å². The van der Waals surface area contributed by atoms with Crippen LogP contribution in [0.25, 0.3) is 10.9 Å². The van der Waals surface area contributed by atoms with Gasteiger partial charge in [0.05, 0.1) is 23.8 Å². The highest BCUT2D eigenvalue weighted by Gasteiger charge is 2.21. The molecule has 0 radical (unpaired) electrons. The van der Waals surface area contributed by atoms with Gasteiger partial charge in [0.15, 0.2) is 0 Å². The number of pyridine rings is 1. The number of esters is 1. The Morgan fingerprint density at radius 1 is 1.42 bits per heavy atom. The van der Waals surface area contributed by atoms with Gasteiger partial charge in [-0.25, -0.2) is 0 Å². The number of nitriles is 1. The number of amides is 1. The Hall–Kier alpha value is -3.34. The number of carbonyl (C=O) groups is 2. The van der Waals surface area contributed by atoms with Crippen LogP contribution in [0.3, 0.4) is 0 Å². The van der Waals surface area contributed by atoms with Crippen molar-refractivity contribution in [2.45, 2.75) is 13.8 Å². The number of H-pyrrole nitrogens is 1. The molecule has 2 rings (SSSR count). The first-order valence-electron chi connectivity index (χ1n) is 7.12. The average Bonchev–Trinajstić information content (AvgIpc) is 2.54. The molecular formula is C16H15N3O5. The number of aryl methyl sites for hydroxylation is 1. The second kappa shape index (κ2) is 6.83. The van der Waals surface area contributed by atoms with Crippen LogP contribution in [0.5, 0.6) is 5.75 Å². The van der Waals surface area contributed by atoms with Gasteiger partial charge in [-0.3, -0.25) is 14.4 Å². The summed E-state index contributed by atoms with van der Waals surface area (Å²) in [6, 6.07) is 4.86. The normalized spacial score (nSPS) is 10.2. The van der Waals surface area contributed by atoms with Gasteiger partial charge in [0, 0.05) is 5.39 Å². The minimum Gasteiger partial charge on any atom is -0.506 e. The number of benzene rings is 1. The van der Waals surface area contributed by atoms with Crippen LogP contribution in [-0.2, 0) is 9.53 Å². The fourth-order valence-electron chi connectivity index (χ4n) is 2.29. The number of fused-ring (bicyclic) bond motifs is 1. The highest BCUT2D eigenvalue weighted by atomic mass is 16.5. The van der Waals surface area contributed by atoms with Crippen molar-refractivity contribution in [1.82, 2.24) is 10.3 Å². The van der Waals surface area contributed by atoms with Crippen LogP contribution in [0.1, 0.15) is 28.4 Å². The third-order valence-electron chi connectivity index (χ3n) is 3.35. The Balaban J connectivity index is 2.48. The number of nitrogens with one attached hydrogen (secondary N) is 2. The van der Waals surface area contributed by atoms with Crippen LogP contribution < -0.4 is 10.9 Å². The van der Waals surface area contributed by atoms with Gasteiger partial charge in [0.2, 0.25) is 0 Å². The molecule has 2 aromatic rings. The Bertz CT molecular complexity index is 924. The van der Waals surface area contributed by atoms with Crippen LogP contribution in [0.2, 0.25) is 0 Å². The zero-order chi connectivity index (χ0) is 17.9. The van der Waals surface area contributed by atoms with E-state index in [0.717, 1.165) is 0 Å². The van der Waals surface area contributed by atoms with Crippen LogP contribution in [0.15, 0.2) is 16.9 Å². The zero-order valence-electron chi connectivity index (χ0n) is 13.1. The Morgan fingerprint density at radius 3 is 2.75 bits per heavy atom. The third-order valence-corrected chi connectivity index (χ3v) is 3.35. The zero-order valence-corrected chi connectivity index (χ0v) is 13.1. The standard InChI is InChI=1S/C16H15N3O5/c1-3-24-11(20)7-18-15(22)12-14(21)10-5-9(6-17)4-8(2)13(10)19-16(12)23/h4-5H,3,7H2,1-2H3,(H,18,22)(H2,19,21,23). The molecule has 1 heterocycles. The van der Waals surface area contributed by atoms with Crippen molar-refractivity contribution in [3.63, 3.8) is 0 Å². The van der Waals surface area contributed by atoms with Crippen LogP contribution >= 0.6 is 0 Å². The van der Waals surface area contributed by atoms with Gasteiger partial charge < -0.3 is 20.1 Å². The minimum absolute atomic E-state index is 0.159. The summed E-state index contributed by atoms with van der Waals surface area (Å²) in [7, 11) is 0. The van der Waals surface area contributed by atoms with Gasteiger partial charge in [-0.05, 0) is 31.5 Å². The Labute approximate surface area is 136 Å². The fraction of sp³-hybridized carbons (Fsp3) is 0.250. The fourth-order valence-corrected chi connectivity index (χ4v) is 2.29. The Morgan fingerprint density at radius 2 is 2.12 bits per heavy atom. The largest absolute Gasteiger partial charge is 0.506 e. The first kappa shape index (κ1) is 17.0. The van der Waals surface area contributed by atoms with E-state index >= 15 is 0 Å². The van der Waals surface area contributed by atoms with E-state index in [1.807, 2.05) is 6.07 Å². The van der Waals surface area contributed by atoms with E-state index in [9.17, 15) is 19.5 Å². The molecule has 0 fully saturated rings. The molecule has 0 aliphatic carbocycles. The molecule has 0 spiro atoms. The molecule has 8 nitrogen and oxygen atoms in total. The van der Waals surface area contributed by atoms with E-state index < -0.39 is 35.3 Å². The maximum atomic E-state index is 12.1. The van der Waals surface area contributed by atoms with E-state index in [1.165, 1.54) is 6.07 Å². The van der Waals surface area contributed by atoms with Crippen molar-refractivity contribution in [1.29, 1.82) is 5.26 Å². The molecule has 1 aromatic heterocycles. The summed E-state index contributed by atoms with van der Waals surface area (Å²) in [5, 5.41) is 21.7. The van der Waals surface area contributed by atoms with Gasteiger partial charge in [-0.2, -0.15) is 5.26 Å². The molecule has 0 atom stereocenters. The van der Waals surface area contributed by atoms with Crippen molar-refractivity contribution in [2.75, 3.05) is 13.2 Å². The second-order valence-electron chi connectivity index (χ2n) is 4.99. The predicted octanol–water partition coefficient (Wildman–Crippen LogP) is 0.707. The van der Waals surface area contributed by atoms with Gasteiger partial charge in [-0.15, -0.1) is 0 Å². The lowest BCUT2D eigenvalue weighted by atomic mass is 10.0. The predicted molar refractivity (Wildman–Crippen MR) is 84.7 cm³/mol. The lowest BCUT2D eigenvalue weighted by Gasteiger charge is -2.10. The number of ether oxygens (including phenoxy) is 1. The summed E-state index contributed by atoms with van der Waals surface area (Å²) in [5.41, 5.74) is -0.135. The molecule has 0 saturated heterocycles. The molecule has 0 unspecified atom stereocenters. The average molecular weight is 329 g/mol. The molecule has 24 heavy (non-hydrogen) atoms. The molecule has 124 valence electrons. The lowest BCUT2D eigenvalue weighted by molar-refractivity contribution is -0.141.